The van der Waals surface area contributed by atoms with Gasteiger partial charge >= 0.3 is 0 Å². The van der Waals surface area contributed by atoms with Gasteiger partial charge in [-0.2, -0.15) is 0 Å². The van der Waals surface area contributed by atoms with E-state index in [0.717, 1.165) is 5.69 Å². The Hall–Kier alpha value is -1.79. The monoisotopic (exact) mass is 355 g/mol. The Kier molecular flexibility index (Phi) is 4.46. The van der Waals surface area contributed by atoms with Crippen LogP contribution < -0.4 is 10.5 Å². The van der Waals surface area contributed by atoms with Crippen molar-refractivity contribution in [2.45, 2.75) is 6.92 Å². The lowest BCUT2D eigenvalue weighted by Gasteiger charge is -2.11. The second kappa shape index (κ2) is 6.11. The van der Waals surface area contributed by atoms with Crippen LogP contribution in [0.3, 0.4) is 0 Å². The summed E-state index contributed by atoms with van der Waals surface area (Å²) in [4.78, 5) is 4.25. The van der Waals surface area contributed by atoms with E-state index in [4.69, 9.17) is 27.3 Å². The third-order valence-corrected chi connectivity index (χ3v) is 3.34. The fourth-order valence-corrected chi connectivity index (χ4v) is 2.29. The van der Waals surface area contributed by atoms with E-state index in [2.05, 4.69) is 26.1 Å². The fraction of sp³-hybridized carbons (Fsp3) is 0.0769. The normalized spacial score (nSPS) is 11.4. The number of oxime groups is 1. The topological polar surface area (TPSA) is 80.7 Å². The summed E-state index contributed by atoms with van der Waals surface area (Å²) in [5.74, 6) is 0.709. The van der Waals surface area contributed by atoms with Crippen LogP contribution in [0.25, 0.3) is 0 Å². The molecule has 5 nitrogen and oxygen atoms in total. The number of pyridine rings is 1. The molecule has 0 saturated carbocycles. The van der Waals surface area contributed by atoms with E-state index >= 15 is 0 Å². The number of nitrogens with zero attached hydrogens (tertiary/aromatic N) is 2. The second-order valence-corrected chi connectivity index (χ2v) is 5.26. The molecule has 20 heavy (non-hydrogen) atoms. The highest BCUT2D eigenvalue weighted by Gasteiger charge is 2.13. The number of rotatable bonds is 3. The Morgan fingerprint density at radius 2 is 2.15 bits per heavy atom. The summed E-state index contributed by atoms with van der Waals surface area (Å²) in [7, 11) is 0. The largest absolute Gasteiger partial charge is 0.437 e. The van der Waals surface area contributed by atoms with Gasteiger partial charge in [0, 0.05) is 10.7 Å². The van der Waals surface area contributed by atoms with Crippen molar-refractivity contribution >= 4 is 33.4 Å². The molecule has 1 heterocycles. The Labute approximate surface area is 129 Å². The van der Waals surface area contributed by atoms with E-state index in [1.54, 1.807) is 30.3 Å². The SMILES string of the molecule is Cc1ccc(C(N)=NO)c(Oc2ccc(Cl)cc2Br)n1. The maximum Gasteiger partial charge on any atom is 0.230 e. The molecule has 7 heteroatoms. The minimum absolute atomic E-state index is 0.0717. The van der Waals surface area contributed by atoms with Crippen molar-refractivity contribution in [1.82, 2.24) is 4.98 Å². The van der Waals surface area contributed by atoms with Gasteiger partial charge in [-0.15, -0.1) is 0 Å². The van der Waals surface area contributed by atoms with Gasteiger partial charge in [-0.1, -0.05) is 16.8 Å². The van der Waals surface area contributed by atoms with Gasteiger partial charge in [0.1, 0.15) is 5.75 Å². The van der Waals surface area contributed by atoms with Gasteiger partial charge in [0.25, 0.3) is 0 Å². The zero-order valence-electron chi connectivity index (χ0n) is 10.5. The maximum atomic E-state index is 8.79. The summed E-state index contributed by atoms with van der Waals surface area (Å²) in [6, 6.07) is 8.52. The van der Waals surface area contributed by atoms with Crippen LogP contribution in [0.15, 0.2) is 40.0 Å². The molecule has 0 unspecified atom stereocenters. The smallest absolute Gasteiger partial charge is 0.230 e. The maximum absolute atomic E-state index is 8.79. The predicted octanol–water partition coefficient (Wildman–Crippen LogP) is 3.69. The number of aromatic nitrogens is 1. The minimum atomic E-state index is -0.0717. The van der Waals surface area contributed by atoms with Crippen LogP contribution in [0.1, 0.15) is 11.3 Å². The number of hydrogen-bond acceptors (Lipinski definition) is 4. The first-order chi connectivity index (χ1) is 9.51. The Balaban J connectivity index is 2.44. The van der Waals surface area contributed by atoms with Crippen LogP contribution in [-0.4, -0.2) is 16.0 Å². The van der Waals surface area contributed by atoms with Gasteiger partial charge in [0.2, 0.25) is 5.88 Å². The number of nitrogens with two attached hydrogens (primary N) is 1. The Bertz CT molecular complexity index is 677. The van der Waals surface area contributed by atoms with Crippen LogP contribution in [0, 0.1) is 6.92 Å². The van der Waals surface area contributed by atoms with E-state index in [0.29, 0.717) is 20.8 Å². The van der Waals surface area contributed by atoms with Crippen molar-refractivity contribution in [3.05, 3.63) is 51.1 Å². The number of ether oxygens (including phenoxy) is 1. The first-order valence-electron chi connectivity index (χ1n) is 5.59. The molecule has 0 aliphatic carbocycles. The predicted molar refractivity (Wildman–Crippen MR) is 80.7 cm³/mol. The molecule has 1 aromatic heterocycles. The molecule has 2 aromatic rings. The molecule has 0 fully saturated rings. The Morgan fingerprint density at radius 1 is 1.40 bits per heavy atom. The Morgan fingerprint density at radius 3 is 2.80 bits per heavy atom. The van der Waals surface area contributed by atoms with Crippen molar-refractivity contribution < 1.29 is 9.94 Å². The zero-order valence-corrected chi connectivity index (χ0v) is 12.8. The summed E-state index contributed by atoms with van der Waals surface area (Å²) in [5, 5.41) is 12.3. The molecule has 2 rings (SSSR count). The molecule has 0 spiro atoms. The van der Waals surface area contributed by atoms with Crippen LogP contribution in [-0.2, 0) is 0 Å². The first kappa shape index (κ1) is 14.6. The molecule has 0 amide bonds. The van der Waals surface area contributed by atoms with Gasteiger partial charge in [0.05, 0.1) is 10.0 Å². The van der Waals surface area contributed by atoms with Crippen molar-refractivity contribution in [3.63, 3.8) is 0 Å². The molecule has 0 radical (unpaired) electrons. The molecule has 3 N–H and O–H groups in total. The number of halogens is 2. The number of amidine groups is 1. The molecular weight excluding hydrogens is 346 g/mol. The third-order valence-electron chi connectivity index (χ3n) is 2.48. The number of hydrogen-bond donors (Lipinski definition) is 2. The highest BCUT2D eigenvalue weighted by atomic mass is 79.9. The van der Waals surface area contributed by atoms with Crippen LogP contribution in [0.5, 0.6) is 11.6 Å². The number of aryl methyl sites for hydroxylation is 1. The summed E-state index contributed by atoms with van der Waals surface area (Å²) in [5.41, 5.74) is 6.76. The summed E-state index contributed by atoms with van der Waals surface area (Å²) < 4.78 is 6.39. The van der Waals surface area contributed by atoms with Gasteiger partial charge in [-0.25, -0.2) is 4.98 Å². The average Bonchev–Trinajstić information content (AvgIpc) is 2.41. The molecule has 0 aliphatic heterocycles. The van der Waals surface area contributed by atoms with Crippen LogP contribution in [0.4, 0.5) is 0 Å². The number of benzene rings is 1. The summed E-state index contributed by atoms with van der Waals surface area (Å²) in [6.07, 6.45) is 0. The second-order valence-electron chi connectivity index (χ2n) is 3.97. The molecule has 1 aromatic carbocycles. The molecule has 0 saturated heterocycles. The van der Waals surface area contributed by atoms with Gasteiger partial charge in [-0.05, 0) is 53.2 Å². The molecular formula is C13H11BrClN3O2. The highest BCUT2D eigenvalue weighted by molar-refractivity contribution is 9.10. The van der Waals surface area contributed by atoms with E-state index < -0.39 is 0 Å². The van der Waals surface area contributed by atoms with Crippen molar-refractivity contribution in [3.8, 4) is 11.6 Å². The van der Waals surface area contributed by atoms with E-state index in [-0.39, 0.29) is 11.7 Å². The standard InChI is InChI=1S/C13H11BrClN3O2/c1-7-2-4-9(12(16)18-19)13(17-7)20-11-5-3-8(15)6-10(11)14/h2-6,19H,1H3,(H2,16,18). The van der Waals surface area contributed by atoms with Gasteiger partial charge in [0.15, 0.2) is 5.84 Å². The van der Waals surface area contributed by atoms with E-state index in [1.165, 1.54) is 0 Å². The molecule has 0 aliphatic rings. The molecule has 0 atom stereocenters. The lowest BCUT2D eigenvalue weighted by atomic mass is 10.2. The van der Waals surface area contributed by atoms with Gasteiger partial charge < -0.3 is 15.7 Å². The van der Waals surface area contributed by atoms with Crippen LogP contribution >= 0.6 is 27.5 Å². The molecule has 0 bridgehead atoms. The van der Waals surface area contributed by atoms with E-state index in [1.807, 2.05) is 6.92 Å². The average molecular weight is 357 g/mol. The minimum Gasteiger partial charge on any atom is -0.437 e. The van der Waals surface area contributed by atoms with Crippen molar-refractivity contribution in [2.24, 2.45) is 10.9 Å². The fourth-order valence-electron chi connectivity index (χ4n) is 1.52. The summed E-state index contributed by atoms with van der Waals surface area (Å²) >= 11 is 9.23. The van der Waals surface area contributed by atoms with Gasteiger partial charge in [-0.3, -0.25) is 0 Å². The van der Waals surface area contributed by atoms with Crippen molar-refractivity contribution in [1.29, 1.82) is 0 Å². The lowest BCUT2D eigenvalue weighted by Crippen LogP contribution is -2.15. The zero-order chi connectivity index (χ0) is 14.7. The first-order valence-corrected chi connectivity index (χ1v) is 6.77. The lowest BCUT2D eigenvalue weighted by molar-refractivity contribution is 0.318. The highest BCUT2D eigenvalue weighted by Crippen LogP contribution is 2.32. The third kappa shape index (κ3) is 3.20. The van der Waals surface area contributed by atoms with Crippen molar-refractivity contribution in [2.75, 3.05) is 0 Å². The summed E-state index contributed by atoms with van der Waals surface area (Å²) in [6.45, 7) is 1.82. The quantitative estimate of drug-likeness (QED) is 0.380. The molecule has 104 valence electrons. The van der Waals surface area contributed by atoms with E-state index in [9.17, 15) is 0 Å². The van der Waals surface area contributed by atoms with Crippen LogP contribution in [0.2, 0.25) is 5.02 Å².